The molecule has 188 valence electrons. The molecule has 3 nitrogen and oxygen atoms in total. The molecule has 0 unspecified atom stereocenters. The molecule has 0 aliphatic heterocycles. The maximum absolute atomic E-state index is 4.85. The molecule has 0 N–H and O–H groups in total. The van der Waals surface area contributed by atoms with Crippen LogP contribution in [0.4, 0.5) is 0 Å². The van der Waals surface area contributed by atoms with Gasteiger partial charge in [-0.1, -0.05) is 118 Å². The fourth-order valence-corrected chi connectivity index (χ4v) is 5.74. The van der Waals surface area contributed by atoms with Crippen LogP contribution in [0.15, 0.2) is 48.5 Å². The largest absolute Gasteiger partial charge is 0.213 e. The molecule has 0 bridgehead atoms. The molecule has 0 saturated carbocycles. The average molecular weight is 472 g/mol. The lowest BCUT2D eigenvalue weighted by atomic mass is 9.72. The summed E-state index contributed by atoms with van der Waals surface area (Å²) in [7, 11) is 0. The van der Waals surface area contributed by atoms with Crippen molar-refractivity contribution in [1.29, 1.82) is 0 Å². The van der Waals surface area contributed by atoms with Crippen LogP contribution in [-0.2, 0) is 10.8 Å². The summed E-state index contributed by atoms with van der Waals surface area (Å²) in [6, 6.07) is 17.5. The molecule has 1 heterocycles. The van der Waals surface area contributed by atoms with Gasteiger partial charge in [-0.15, -0.1) is 0 Å². The number of benzene rings is 2. The number of hydrogen-bond donors (Lipinski definition) is 0. The van der Waals surface area contributed by atoms with Crippen LogP contribution in [0.1, 0.15) is 99.0 Å². The maximum Gasteiger partial charge on any atom is 0.163 e. The molecular formula is C32H45N3. The molecule has 0 aliphatic carbocycles. The summed E-state index contributed by atoms with van der Waals surface area (Å²) in [6.07, 6.45) is 2.24. The second-order valence-corrected chi connectivity index (χ2v) is 13.9. The minimum Gasteiger partial charge on any atom is -0.213 e. The molecule has 0 spiro atoms. The zero-order chi connectivity index (χ0) is 26.2. The van der Waals surface area contributed by atoms with E-state index in [9.17, 15) is 0 Å². The third-order valence-corrected chi connectivity index (χ3v) is 6.54. The van der Waals surface area contributed by atoms with Gasteiger partial charge in [-0.3, -0.25) is 0 Å². The first-order valence-electron chi connectivity index (χ1n) is 12.9. The summed E-state index contributed by atoms with van der Waals surface area (Å²) in [4.78, 5) is 14.2. The Bertz CT molecular complexity index is 1050. The van der Waals surface area contributed by atoms with Crippen molar-refractivity contribution in [2.45, 2.75) is 99.8 Å². The predicted molar refractivity (Wildman–Crippen MR) is 150 cm³/mol. The van der Waals surface area contributed by atoms with E-state index in [0.29, 0.717) is 0 Å². The van der Waals surface area contributed by atoms with Crippen molar-refractivity contribution in [1.82, 2.24) is 15.0 Å². The quantitative estimate of drug-likeness (QED) is 0.360. The van der Waals surface area contributed by atoms with Gasteiger partial charge in [0.25, 0.3) is 0 Å². The number of aryl methyl sites for hydroxylation is 1. The van der Waals surface area contributed by atoms with E-state index in [1.807, 2.05) is 6.92 Å². The summed E-state index contributed by atoms with van der Waals surface area (Å²) < 4.78 is 0. The number of aromatic nitrogens is 3. The van der Waals surface area contributed by atoms with Crippen molar-refractivity contribution in [3.8, 4) is 22.8 Å². The molecule has 0 radical (unpaired) electrons. The van der Waals surface area contributed by atoms with E-state index >= 15 is 0 Å². The van der Waals surface area contributed by atoms with Gasteiger partial charge < -0.3 is 0 Å². The lowest BCUT2D eigenvalue weighted by molar-refractivity contribution is 0.283. The Morgan fingerprint density at radius 3 is 1.09 bits per heavy atom. The Morgan fingerprint density at radius 2 is 0.800 bits per heavy atom. The van der Waals surface area contributed by atoms with Gasteiger partial charge in [0.15, 0.2) is 11.6 Å². The smallest absolute Gasteiger partial charge is 0.163 e. The van der Waals surface area contributed by atoms with Crippen LogP contribution < -0.4 is 0 Å². The summed E-state index contributed by atoms with van der Waals surface area (Å²) in [5.74, 6) is 2.19. The molecule has 0 saturated heterocycles. The highest BCUT2D eigenvalue weighted by Crippen LogP contribution is 2.38. The summed E-state index contributed by atoms with van der Waals surface area (Å²) in [5.41, 5.74) is 5.51. The Morgan fingerprint density at radius 1 is 0.486 bits per heavy atom. The van der Waals surface area contributed by atoms with E-state index < -0.39 is 0 Å². The Kier molecular flexibility index (Phi) is 7.33. The third-order valence-electron chi connectivity index (χ3n) is 6.54. The molecule has 0 aliphatic rings. The van der Waals surface area contributed by atoms with Gasteiger partial charge in [0.05, 0.1) is 0 Å². The van der Waals surface area contributed by atoms with Gasteiger partial charge in [0.2, 0.25) is 0 Å². The van der Waals surface area contributed by atoms with E-state index in [1.54, 1.807) is 0 Å². The Labute approximate surface area is 213 Å². The van der Waals surface area contributed by atoms with Crippen LogP contribution in [0, 0.1) is 17.8 Å². The van der Waals surface area contributed by atoms with Gasteiger partial charge >= 0.3 is 0 Å². The molecular weight excluding hydrogens is 426 g/mol. The summed E-state index contributed by atoms with van der Waals surface area (Å²) >= 11 is 0. The Balaban J connectivity index is 1.88. The fourth-order valence-electron chi connectivity index (χ4n) is 5.74. The number of rotatable bonds is 6. The first-order chi connectivity index (χ1) is 16.0. The Hall–Kier alpha value is -2.55. The molecule has 1 aromatic heterocycles. The van der Waals surface area contributed by atoms with Crippen LogP contribution in [0.25, 0.3) is 22.8 Å². The minimum atomic E-state index is 0.111. The van der Waals surface area contributed by atoms with Crippen molar-refractivity contribution in [3.63, 3.8) is 0 Å². The first kappa shape index (κ1) is 27.0. The van der Waals surface area contributed by atoms with E-state index in [0.717, 1.165) is 41.4 Å². The van der Waals surface area contributed by atoms with Crippen LogP contribution in [0.2, 0.25) is 0 Å². The highest BCUT2D eigenvalue weighted by molar-refractivity contribution is 5.61. The van der Waals surface area contributed by atoms with Gasteiger partial charge in [0, 0.05) is 11.1 Å². The highest BCUT2D eigenvalue weighted by atomic mass is 15.0. The van der Waals surface area contributed by atoms with Crippen molar-refractivity contribution in [3.05, 3.63) is 65.5 Å². The molecule has 0 atom stereocenters. The van der Waals surface area contributed by atoms with E-state index in [4.69, 9.17) is 4.98 Å². The van der Waals surface area contributed by atoms with Crippen LogP contribution in [0.5, 0.6) is 0 Å². The van der Waals surface area contributed by atoms with E-state index in [-0.39, 0.29) is 21.7 Å². The molecule has 3 aromatic rings. The lowest BCUT2D eigenvalue weighted by Gasteiger charge is -2.33. The van der Waals surface area contributed by atoms with Crippen LogP contribution in [0.3, 0.4) is 0 Å². The molecule has 0 amide bonds. The average Bonchev–Trinajstić information content (AvgIpc) is 2.70. The maximum atomic E-state index is 4.85. The van der Waals surface area contributed by atoms with Gasteiger partial charge in [-0.2, -0.15) is 0 Å². The number of nitrogens with zero attached hydrogens (tertiary/aromatic N) is 3. The molecule has 35 heavy (non-hydrogen) atoms. The second-order valence-electron chi connectivity index (χ2n) is 13.9. The van der Waals surface area contributed by atoms with Crippen molar-refractivity contribution in [2.75, 3.05) is 0 Å². The number of hydrogen-bond acceptors (Lipinski definition) is 3. The normalized spacial score (nSPS) is 13.2. The molecule has 0 fully saturated rings. The van der Waals surface area contributed by atoms with Crippen molar-refractivity contribution in [2.24, 2.45) is 10.8 Å². The zero-order valence-electron chi connectivity index (χ0n) is 23.9. The highest BCUT2D eigenvalue weighted by Gasteiger charge is 2.28. The van der Waals surface area contributed by atoms with Gasteiger partial charge in [-0.05, 0) is 52.6 Å². The second kappa shape index (κ2) is 9.48. The van der Waals surface area contributed by atoms with E-state index in [2.05, 4.69) is 128 Å². The molecule has 2 aromatic carbocycles. The standard InChI is InChI=1S/C32H45N3/c1-22-33-27(23-12-16-25(17-13-23)31(8,9)20-29(2,3)4)35-28(34-22)24-14-18-26(19-15-24)32(10,11)21-30(5,6)7/h12-19H,20-21H2,1-11H3. The van der Waals surface area contributed by atoms with Crippen LogP contribution in [-0.4, -0.2) is 15.0 Å². The molecule has 3 rings (SSSR count). The van der Waals surface area contributed by atoms with Crippen molar-refractivity contribution < 1.29 is 0 Å². The predicted octanol–water partition coefficient (Wildman–Crippen LogP) is 8.94. The van der Waals surface area contributed by atoms with Crippen LogP contribution >= 0.6 is 0 Å². The SMILES string of the molecule is Cc1nc(-c2ccc(C(C)(C)CC(C)(C)C)cc2)nc(-c2ccc(C(C)(C)CC(C)(C)C)cc2)n1. The monoisotopic (exact) mass is 471 g/mol. The minimum absolute atomic E-state index is 0.111. The summed E-state index contributed by atoms with van der Waals surface area (Å²) in [6.45, 7) is 25.0. The van der Waals surface area contributed by atoms with Crippen molar-refractivity contribution >= 4 is 0 Å². The zero-order valence-corrected chi connectivity index (χ0v) is 23.9. The van der Waals surface area contributed by atoms with Gasteiger partial charge in [0.1, 0.15) is 5.82 Å². The topological polar surface area (TPSA) is 38.7 Å². The summed E-state index contributed by atoms with van der Waals surface area (Å²) in [5, 5.41) is 0. The lowest BCUT2D eigenvalue weighted by Crippen LogP contribution is -2.24. The third kappa shape index (κ3) is 7.22. The van der Waals surface area contributed by atoms with E-state index in [1.165, 1.54) is 11.1 Å². The first-order valence-corrected chi connectivity index (χ1v) is 12.9. The molecule has 3 heteroatoms. The fraction of sp³-hybridized carbons (Fsp3) is 0.531. The van der Waals surface area contributed by atoms with Gasteiger partial charge in [-0.25, -0.2) is 15.0 Å².